The van der Waals surface area contributed by atoms with Crippen LogP contribution in [0.2, 0.25) is 0 Å². The van der Waals surface area contributed by atoms with Crippen molar-refractivity contribution < 1.29 is 23.5 Å². The summed E-state index contributed by atoms with van der Waals surface area (Å²) < 4.78 is 26.4. The number of aliphatic hydroxyl groups excluding tert-OH is 1. The Morgan fingerprint density at radius 3 is 2.29 bits per heavy atom. The number of halogens is 2. The minimum Gasteiger partial charge on any atom is -0.392 e. The maximum atomic E-state index is 13.4. The van der Waals surface area contributed by atoms with Gasteiger partial charge in [-0.25, -0.2) is 8.78 Å². The molecule has 0 saturated carbocycles. The van der Waals surface area contributed by atoms with Crippen LogP contribution >= 0.6 is 0 Å². The highest BCUT2D eigenvalue weighted by molar-refractivity contribution is 6.15. The number of carbonyl (C=O) groups excluding carboxylic acids is 2. The highest BCUT2D eigenvalue weighted by Crippen LogP contribution is 2.18. The van der Waals surface area contributed by atoms with Crippen molar-refractivity contribution in [2.24, 2.45) is 0 Å². The van der Waals surface area contributed by atoms with Gasteiger partial charge in [0.05, 0.1) is 11.7 Å². The molecule has 0 fully saturated rings. The number of likely N-dealkylation sites (N-methyl/N-ethyl adjacent to an activating group) is 1. The molecule has 6 heteroatoms. The number of nitrogens with zero attached hydrogens (tertiary/aromatic N) is 1. The standard InChI is InChI=1S/C18H17F2NO3/c1-11(22)10-21(2)18(24)14-6-4-3-5-13(14)17(23)12-7-8-15(19)16(20)9-12/h3-9,11,22H,10H2,1-2H3/t11-/m1/s1. The van der Waals surface area contributed by atoms with Crippen LogP contribution in [-0.4, -0.2) is 41.4 Å². The molecule has 0 saturated heterocycles. The highest BCUT2D eigenvalue weighted by atomic mass is 19.2. The summed E-state index contributed by atoms with van der Waals surface area (Å²) in [6.07, 6.45) is -0.715. The minimum absolute atomic E-state index is 0.0488. The van der Waals surface area contributed by atoms with Crippen molar-refractivity contribution in [2.75, 3.05) is 13.6 Å². The number of benzene rings is 2. The van der Waals surface area contributed by atoms with Crippen molar-refractivity contribution in [3.63, 3.8) is 0 Å². The molecule has 2 aromatic carbocycles. The second-order valence-corrected chi connectivity index (χ2v) is 5.54. The van der Waals surface area contributed by atoms with Crippen LogP contribution in [0.15, 0.2) is 42.5 Å². The van der Waals surface area contributed by atoms with Crippen molar-refractivity contribution in [1.82, 2.24) is 4.90 Å². The number of carbonyl (C=O) groups is 2. The monoisotopic (exact) mass is 333 g/mol. The average molecular weight is 333 g/mol. The van der Waals surface area contributed by atoms with Crippen LogP contribution in [0.4, 0.5) is 8.78 Å². The second kappa shape index (κ2) is 7.31. The third-order valence-electron chi connectivity index (χ3n) is 3.47. The van der Waals surface area contributed by atoms with Crippen molar-refractivity contribution in [2.45, 2.75) is 13.0 Å². The van der Waals surface area contributed by atoms with Gasteiger partial charge in [0.15, 0.2) is 17.4 Å². The van der Waals surface area contributed by atoms with Gasteiger partial charge in [-0.15, -0.1) is 0 Å². The molecule has 4 nitrogen and oxygen atoms in total. The van der Waals surface area contributed by atoms with E-state index in [1.54, 1.807) is 19.1 Å². The van der Waals surface area contributed by atoms with E-state index >= 15 is 0 Å². The van der Waals surface area contributed by atoms with E-state index in [2.05, 4.69) is 0 Å². The first-order chi connectivity index (χ1) is 11.3. The van der Waals surface area contributed by atoms with Gasteiger partial charge in [0, 0.05) is 24.7 Å². The first kappa shape index (κ1) is 17.7. The lowest BCUT2D eigenvalue weighted by Crippen LogP contribution is -2.34. The summed E-state index contributed by atoms with van der Waals surface area (Å²) in [5.41, 5.74) is 0.175. The Kier molecular flexibility index (Phi) is 5.41. The van der Waals surface area contributed by atoms with E-state index in [0.717, 1.165) is 12.1 Å². The van der Waals surface area contributed by atoms with Gasteiger partial charge in [-0.05, 0) is 31.2 Å². The first-order valence-corrected chi connectivity index (χ1v) is 7.33. The van der Waals surface area contributed by atoms with Crippen molar-refractivity contribution in [3.05, 3.63) is 70.8 Å². The van der Waals surface area contributed by atoms with Crippen LogP contribution in [0.1, 0.15) is 33.2 Å². The van der Waals surface area contributed by atoms with Crippen LogP contribution in [0.5, 0.6) is 0 Å². The topological polar surface area (TPSA) is 57.6 Å². The number of hydrogen-bond donors (Lipinski definition) is 1. The molecule has 0 aliphatic rings. The molecule has 0 radical (unpaired) electrons. The Hall–Kier alpha value is -2.60. The van der Waals surface area contributed by atoms with E-state index in [9.17, 15) is 23.5 Å². The number of ketones is 1. The van der Waals surface area contributed by atoms with Gasteiger partial charge in [0.25, 0.3) is 5.91 Å². The summed E-state index contributed by atoms with van der Waals surface area (Å²) in [5.74, 6) is -3.20. The van der Waals surface area contributed by atoms with Crippen LogP contribution in [0.3, 0.4) is 0 Å². The summed E-state index contributed by atoms with van der Waals surface area (Å²) in [5, 5.41) is 9.39. The Bertz CT molecular complexity index is 775. The van der Waals surface area contributed by atoms with E-state index in [1.165, 1.54) is 30.1 Å². The smallest absolute Gasteiger partial charge is 0.254 e. The fraction of sp³-hybridized carbons (Fsp3) is 0.222. The molecule has 2 aromatic rings. The number of hydrogen-bond acceptors (Lipinski definition) is 3. The van der Waals surface area contributed by atoms with Gasteiger partial charge in [0.1, 0.15) is 0 Å². The Labute approximate surface area is 138 Å². The maximum absolute atomic E-state index is 13.4. The summed E-state index contributed by atoms with van der Waals surface area (Å²) >= 11 is 0. The van der Waals surface area contributed by atoms with Crippen molar-refractivity contribution in [3.8, 4) is 0 Å². The third-order valence-corrected chi connectivity index (χ3v) is 3.47. The first-order valence-electron chi connectivity index (χ1n) is 7.33. The molecule has 0 heterocycles. The molecule has 0 unspecified atom stereocenters. The zero-order valence-corrected chi connectivity index (χ0v) is 13.3. The fourth-order valence-electron chi connectivity index (χ4n) is 2.35. The Morgan fingerprint density at radius 2 is 1.71 bits per heavy atom. The molecule has 0 bridgehead atoms. The Morgan fingerprint density at radius 1 is 1.08 bits per heavy atom. The maximum Gasteiger partial charge on any atom is 0.254 e. The van der Waals surface area contributed by atoms with Crippen LogP contribution in [0, 0.1) is 11.6 Å². The van der Waals surface area contributed by atoms with E-state index in [4.69, 9.17) is 0 Å². The average Bonchev–Trinajstić information content (AvgIpc) is 2.55. The zero-order valence-electron chi connectivity index (χ0n) is 13.3. The summed E-state index contributed by atoms with van der Waals surface area (Å²) in [4.78, 5) is 26.4. The zero-order chi connectivity index (χ0) is 17.9. The minimum atomic E-state index is -1.13. The van der Waals surface area contributed by atoms with Gasteiger partial charge in [0.2, 0.25) is 0 Å². The number of amides is 1. The van der Waals surface area contributed by atoms with Crippen LogP contribution in [-0.2, 0) is 0 Å². The summed E-state index contributed by atoms with van der Waals surface area (Å²) in [6.45, 7) is 1.65. The lowest BCUT2D eigenvalue weighted by molar-refractivity contribution is 0.0700. The third kappa shape index (κ3) is 3.83. The molecule has 0 aromatic heterocycles. The van der Waals surface area contributed by atoms with Gasteiger partial charge >= 0.3 is 0 Å². The van der Waals surface area contributed by atoms with Crippen LogP contribution in [0.25, 0.3) is 0 Å². The molecule has 1 atom stereocenters. The van der Waals surface area contributed by atoms with Crippen LogP contribution < -0.4 is 0 Å². The molecule has 24 heavy (non-hydrogen) atoms. The molecular weight excluding hydrogens is 316 g/mol. The normalized spacial score (nSPS) is 11.9. The van der Waals surface area contributed by atoms with Crippen molar-refractivity contribution in [1.29, 1.82) is 0 Å². The van der Waals surface area contributed by atoms with Gasteiger partial charge in [-0.2, -0.15) is 0 Å². The van der Waals surface area contributed by atoms with E-state index in [1.807, 2.05) is 0 Å². The Balaban J connectivity index is 2.39. The fourth-order valence-corrected chi connectivity index (χ4v) is 2.35. The summed E-state index contributed by atoms with van der Waals surface area (Å²) in [7, 11) is 1.51. The SMILES string of the molecule is C[C@@H](O)CN(C)C(=O)c1ccccc1C(=O)c1ccc(F)c(F)c1. The van der Waals surface area contributed by atoms with E-state index in [0.29, 0.717) is 0 Å². The van der Waals surface area contributed by atoms with Crippen molar-refractivity contribution >= 4 is 11.7 Å². The van der Waals surface area contributed by atoms with Gasteiger partial charge in [-0.1, -0.05) is 18.2 Å². The summed E-state index contributed by atoms with van der Waals surface area (Å²) in [6, 6.07) is 8.96. The predicted molar refractivity (Wildman–Crippen MR) is 84.9 cm³/mol. The molecule has 0 aliphatic heterocycles. The molecular formula is C18H17F2NO3. The lowest BCUT2D eigenvalue weighted by atomic mass is 9.97. The molecule has 126 valence electrons. The molecule has 1 N–H and O–H groups in total. The molecule has 0 aliphatic carbocycles. The highest BCUT2D eigenvalue weighted by Gasteiger charge is 2.21. The number of rotatable bonds is 5. The van der Waals surface area contributed by atoms with E-state index < -0.39 is 29.4 Å². The lowest BCUT2D eigenvalue weighted by Gasteiger charge is -2.20. The quantitative estimate of drug-likeness (QED) is 0.856. The second-order valence-electron chi connectivity index (χ2n) is 5.54. The molecule has 1 amide bonds. The molecule has 2 rings (SSSR count). The van der Waals surface area contributed by atoms with Gasteiger partial charge < -0.3 is 10.0 Å². The number of aliphatic hydroxyl groups is 1. The predicted octanol–water partition coefficient (Wildman–Crippen LogP) is 2.65. The van der Waals surface area contributed by atoms with Gasteiger partial charge in [-0.3, -0.25) is 9.59 Å². The largest absolute Gasteiger partial charge is 0.392 e. The molecule has 0 spiro atoms. The van der Waals surface area contributed by atoms with E-state index in [-0.39, 0.29) is 23.2 Å².